The molecule has 2 atom stereocenters. The molecule has 3 heteroatoms. The molecule has 0 fully saturated rings. The molecule has 1 N–H and O–H groups in total. The van der Waals surface area contributed by atoms with Crippen LogP contribution in [0.1, 0.15) is 6.92 Å². The van der Waals surface area contributed by atoms with Crippen molar-refractivity contribution in [1.82, 2.24) is 0 Å². The highest BCUT2D eigenvalue weighted by atomic mass is 31.0. The fraction of sp³-hybridized carbons (Fsp3) is 0.300. The molecular weight excluding hydrogens is 179 g/mol. The van der Waals surface area contributed by atoms with Crippen LogP contribution in [0.3, 0.4) is 0 Å². The van der Waals surface area contributed by atoms with Gasteiger partial charge in [0.25, 0.3) is 0 Å². The van der Waals surface area contributed by atoms with Crippen LogP contribution in [0.25, 0.3) is 0 Å². The number of aliphatic imine (C=N–C) groups is 1. The maximum absolute atomic E-state index is 4.42. The lowest BCUT2D eigenvalue weighted by Crippen LogP contribution is -2.39. The van der Waals surface area contributed by atoms with Crippen LogP contribution in [-0.2, 0) is 0 Å². The summed E-state index contributed by atoms with van der Waals surface area (Å²) in [5.41, 5.74) is 2.13. The van der Waals surface area contributed by atoms with Crippen LogP contribution in [0.15, 0.2) is 29.3 Å². The van der Waals surface area contributed by atoms with E-state index in [2.05, 4.69) is 32.5 Å². The summed E-state index contributed by atoms with van der Waals surface area (Å²) in [6, 6.07) is 8.10. The third-order valence-corrected chi connectivity index (χ3v) is 3.08. The van der Waals surface area contributed by atoms with Gasteiger partial charge < -0.3 is 5.32 Å². The predicted octanol–water partition coefficient (Wildman–Crippen LogP) is 2.45. The van der Waals surface area contributed by atoms with Gasteiger partial charge in [0.05, 0.1) is 16.9 Å². The molecule has 1 aromatic carbocycles. The Hall–Kier alpha value is -0.880. The summed E-state index contributed by atoms with van der Waals surface area (Å²) in [4.78, 5) is 4.42. The van der Waals surface area contributed by atoms with E-state index in [4.69, 9.17) is 0 Å². The lowest BCUT2D eigenvalue weighted by Gasteiger charge is -2.30. The van der Waals surface area contributed by atoms with Crippen molar-refractivity contribution in [1.29, 1.82) is 0 Å². The zero-order chi connectivity index (χ0) is 9.31. The van der Waals surface area contributed by atoms with E-state index < -0.39 is 0 Å². The van der Waals surface area contributed by atoms with Crippen LogP contribution in [0.2, 0.25) is 0 Å². The number of nitrogens with one attached hydrogen (secondary N) is 1. The number of nitrogens with zero attached hydrogens (tertiary/aromatic N) is 1. The molecule has 68 valence electrons. The number of hydrogen-bond donors (Lipinski definition) is 1. The van der Waals surface area contributed by atoms with E-state index in [1.165, 1.54) is 0 Å². The molecule has 1 aliphatic rings. The van der Waals surface area contributed by atoms with Crippen LogP contribution in [0, 0.1) is 0 Å². The number of anilines is 1. The maximum atomic E-state index is 4.42. The first kappa shape index (κ1) is 8.71. The number of benzene rings is 1. The van der Waals surface area contributed by atoms with Gasteiger partial charge in [0.1, 0.15) is 0 Å². The molecule has 0 radical (unpaired) electrons. The highest BCUT2D eigenvalue weighted by Gasteiger charge is 2.23. The number of hydrogen-bond acceptors (Lipinski definition) is 2. The molecule has 0 amide bonds. The minimum absolute atomic E-state index is 0.0149. The highest BCUT2D eigenvalue weighted by molar-refractivity contribution is 7.16. The van der Waals surface area contributed by atoms with Crippen LogP contribution < -0.4 is 5.32 Å². The minimum atomic E-state index is -0.0149. The molecule has 0 saturated carbocycles. The summed E-state index contributed by atoms with van der Waals surface area (Å²) < 4.78 is 0. The van der Waals surface area contributed by atoms with Crippen LogP contribution in [0.4, 0.5) is 11.4 Å². The second-order valence-electron chi connectivity index (χ2n) is 3.52. The van der Waals surface area contributed by atoms with Gasteiger partial charge in [-0.1, -0.05) is 12.1 Å². The van der Waals surface area contributed by atoms with Gasteiger partial charge >= 0.3 is 0 Å². The Morgan fingerprint density at radius 3 is 3.00 bits per heavy atom. The zero-order valence-corrected chi connectivity index (χ0v) is 8.77. The molecule has 0 aliphatic carbocycles. The van der Waals surface area contributed by atoms with Crippen molar-refractivity contribution in [2.45, 2.75) is 12.5 Å². The molecule has 1 aromatic rings. The zero-order valence-electron chi connectivity index (χ0n) is 7.62. The smallest absolute Gasteiger partial charge is 0.0858 e. The van der Waals surface area contributed by atoms with Gasteiger partial charge in [-0.15, -0.1) is 9.24 Å². The van der Waals surface area contributed by atoms with E-state index in [0.717, 1.165) is 17.5 Å². The van der Waals surface area contributed by atoms with Gasteiger partial charge in [-0.3, -0.25) is 4.99 Å². The van der Waals surface area contributed by atoms with Crippen molar-refractivity contribution in [3.8, 4) is 0 Å². The molecule has 13 heavy (non-hydrogen) atoms. The fourth-order valence-electron chi connectivity index (χ4n) is 1.35. The fourth-order valence-corrected chi connectivity index (χ4v) is 1.56. The SMILES string of the molecule is CC1(CP)C=Nc2ccccc2N1. The van der Waals surface area contributed by atoms with Crippen molar-refractivity contribution < 1.29 is 0 Å². The Labute approximate surface area is 80.7 Å². The molecule has 1 heterocycles. The molecule has 0 aromatic heterocycles. The van der Waals surface area contributed by atoms with Crippen molar-refractivity contribution in [2.75, 3.05) is 11.5 Å². The first-order valence-electron chi connectivity index (χ1n) is 4.36. The second kappa shape index (κ2) is 3.12. The van der Waals surface area contributed by atoms with Gasteiger partial charge in [-0.05, 0) is 25.2 Å². The first-order valence-corrected chi connectivity index (χ1v) is 5.18. The van der Waals surface area contributed by atoms with Gasteiger partial charge in [-0.2, -0.15) is 0 Å². The van der Waals surface area contributed by atoms with E-state index in [0.29, 0.717) is 0 Å². The molecule has 2 unspecified atom stereocenters. The molecule has 0 bridgehead atoms. The van der Waals surface area contributed by atoms with Crippen LogP contribution in [-0.4, -0.2) is 17.9 Å². The third-order valence-electron chi connectivity index (χ3n) is 2.24. The lowest BCUT2D eigenvalue weighted by molar-refractivity contribution is 0.782. The monoisotopic (exact) mass is 192 g/mol. The number of para-hydroxylation sites is 2. The lowest BCUT2D eigenvalue weighted by atomic mass is 10.0. The van der Waals surface area contributed by atoms with Crippen molar-refractivity contribution in [3.05, 3.63) is 24.3 Å². The van der Waals surface area contributed by atoms with Gasteiger partial charge in [0.2, 0.25) is 0 Å². The average Bonchev–Trinajstić information content (AvgIpc) is 2.18. The first-order chi connectivity index (χ1) is 6.23. The molecule has 2 rings (SSSR count). The normalized spacial score (nSPS) is 25.1. The number of fused-ring (bicyclic) bond motifs is 1. The van der Waals surface area contributed by atoms with E-state index in [1.807, 2.05) is 24.4 Å². The summed E-state index contributed by atoms with van der Waals surface area (Å²) >= 11 is 0. The molecule has 0 spiro atoms. The van der Waals surface area contributed by atoms with Crippen molar-refractivity contribution in [3.63, 3.8) is 0 Å². The van der Waals surface area contributed by atoms with Gasteiger partial charge in [-0.25, -0.2) is 0 Å². The molecule has 0 saturated heterocycles. The largest absolute Gasteiger partial charge is 0.373 e. The average molecular weight is 192 g/mol. The van der Waals surface area contributed by atoms with Crippen molar-refractivity contribution >= 4 is 26.8 Å². The topological polar surface area (TPSA) is 24.4 Å². The molecular formula is C10H13N2P. The highest BCUT2D eigenvalue weighted by Crippen LogP contribution is 2.31. The maximum Gasteiger partial charge on any atom is 0.0858 e. The minimum Gasteiger partial charge on any atom is -0.373 e. The molecule has 1 aliphatic heterocycles. The predicted molar refractivity (Wildman–Crippen MR) is 61.2 cm³/mol. The third kappa shape index (κ3) is 1.59. The molecule has 2 nitrogen and oxygen atoms in total. The van der Waals surface area contributed by atoms with E-state index in [9.17, 15) is 0 Å². The van der Waals surface area contributed by atoms with Crippen LogP contribution in [0.5, 0.6) is 0 Å². The summed E-state index contributed by atoms with van der Waals surface area (Å²) in [6.07, 6.45) is 2.94. The summed E-state index contributed by atoms with van der Waals surface area (Å²) in [6.45, 7) is 2.14. The van der Waals surface area contributed by atoms with E-state index in [-0.39, 0.29) is 5.54 Å². The Kier molecular flexibility index (Phi) is 2.09. The van der Waals surface area contributed by atoms with Crippen LogP contribution >= 0.6 is 9.24 Å². The van der Waals surface area contributed by atoms with Gasteiger partial charge in [0, 0.05) is 6.21 Å². The second-order valence-corrected chi connectivity index (χ2v) is 3.93. The Morgan fingerprint density at radius 1 is 1.46 bits per heavy atom. The quantitative estimate of drug-likeness (QED) is 0.679. The number of rotatable bonds is 1. The Balaban J connectivity index is 2.39. The van der Waals surface area contributed by atoms with E-state index >= 15 is 0 Å². The Morgan fingerprint density at radius 2 is 2.23 bits per heavy atom. The van der Waals surface area contributed by atoms with Gasteiger partial charge in [0.15, 0.2) is 0 Å². The standard InChI is InChI=1S/C10H13N2P/c1-10(7-13)6-11-8-4-2-3-5-9(8)12-10/h2-6,12H,7,13H2,1H3. The Bertz CT molecular complexity index is 349. The summed E-state index contributed by atoms with van der Waals surface area (Å²) in [5, 5.41) is 3.45. The summed E-state index contributed by atoms with van der Waals surface area (Å²) in [5.74, 6) is 0. The van der Waals surface area contributed by atoms with Crippen molar-refractivity contribution in [2.24, 2.45) is 4.99 Å². The summed E-state index contributed by atoms with van der Waals surface area (Å²) in [7, 11) is 2.74. The van der Waals surface area contributed by atoms with E-state index in [1.54, 1.807) is 0 Å².